The molecule has 2 aromatic carbocycles. The summed E-state index contributed by atoms with van der Waals surface area (Å²) in [6.45, 7) is 6.49. The second-order valence-corrected chi connectivity index (χ2v) is 7.86. The zero-order valence-corrected chi connectivity index (χ0v) is 17.2. The van der Waals surface area contributed by atoms with E-state index in [1.165, 1.54) is 17.0 Å². The Morgan fingerprint density at radius 1 is 1.11 bits per heavy atom. The van der Waals surface area contributed by atoms with Crippen LogP contribution in [-0.2, 0) is 6.67 Å². The number of hydrogen-bond donors (Lipinski definition) is 1. The van der Waals surface area contributed by atoms with E-state index in [1.807, 2.05) is 46.5 Å². The van der Waals surface area contributed by atoms with Crippen LogP contribution in [0.2, 0.25) is 5.02 Å². The number of benzene rings is 2. The fourth-order valence-electron chi connectivity index (χ4n) is 3.46. The number of aryl methyl sites for hydroxylation is 1. The number of nitrogens with zero attached hydrogens (tertiary/aromatic N) is 4. The van der Waals surface area contributed by atoms with Gasteiger partial charge in [-0.25, -0.2) is 4.39 Å². The Morgan fingerprint density at radius 3 is 2.46 bits per heavy atom. The van der Waals surface area contributed by atoms with Gasteiger partial charge in [-0.3, -0.25) is 4.57 Å². The Kier molecular flexibility index (Phi) is 5.48. The van der Waals surface area contributed by atoms with Crippen molar-refractivity contribution in [2.75, 3.05) is 31.1 Å². The fraction of sp³-hybridized carbons (Fsp3) is 0.300. The van der Waals surface area contributed by atoms with E-state index in [0.717, 1.165) is 54.8 Å². The van der Waals surface area contributed by atoms with Crippen LogP contribution in [0.5, 0.6) is 0 Å². The fourth-order valence-corrected chi connectivity index (χ4v) is 3.90. The summed E-state index contributed by atoms with van der Waals surface area (Å²) in [6, 6.07) is 12.6. The van der Waals surface area contributed by atoms with E-state index in [2.05, 4.69) is 10.00 Å². The highest BCUT2D eigenvalue weighted by molar-refractivity contribution is 7.71. The predicted molar refractivity (Wildman–Crippen MR) is 111 cm³/mol. The highest BCUT2D eigenvalue weighted by atomic mass is 35.5. The van der Waals surface area contributed by atoms with Crippen LogP contribution in [0.25, 0.3) is 5.69 Å². The Bertz CT molecular complexity index is 1020. The van der Waals surface area contributed by atoms with Crippen LogP contribution in [0.15, 0.2) is 48.8 Å². The predicted octanol–water partition coefficient (Wildman–Crippen LogP) is 2.87. The number of hydrogen-bond acceptors (Lipinski definition) is 3. The van der Waals surface area contributed by atoms with E-state index in [-0.39, 0.29) is 5.82 Å². The molecule has 1 aliphatic heterocycles. The summed E-state index contributed by atoms with van der Waals surface area (Å²) in [7, 11) is 0. The first-order chi connectivity index (χ1) is 13.5. The quantitative estimate of drug-likeness (QED) is 0.661. The van der Waals surface area contributed by atoms with Gasteiger partial charge in [0.1, 0.15) is 12.1 Å². The van der Waals surface area contributed by atoms with Crippen LogP contribution in [0, 0.1) is 17.5 Å². The van der Waals surface area contributed by atoms with Crippen LogP contribution in [-0.4, -0.2) is 40.5 Å². The first kappa shape index (κ1) is 19.1. The number of nitrogens with one attached hydrogen (secondary N) is 1. The van der Waals surface area contributed by atoms with Gasteiger partial charge >= 0.3 is 0 Å². The molecule has 1 N–H and O–H groups in total. The van der Waals surface area contributed by atoms with Crippen molar-refractivity contribution in [1.29, 1.82) is 0 Å². The van der Waals surface area contributed by atoms with Crippen molar-refractivity contribution in [3.63, 3.8) is 0 Å². The van der Waals surface area contributed by atoms with Gasteiger partial charge in [-0.05, 0) is 61.1 Å². The molecule has 0 radical (unpaired) electrons. The van der Waals surface area contributed by atoms with Crippen molar-refractivity contribution in [2.45, 2.75) is 13.6 Å². The molecule has 0 bridgehead atoms. The number of anilines is 1. The Labute approximate surface area is 173 Å². The van der Waals surface area contributed by atoms with Crippen LogP contribution in [0.4, 0.5) is 10.1 Å². The Morgan fingerprint density at radius 2 is 1.79 bits per heavy atom. The first-order valence-electron chi connectivity index (χ1n) is 9.26. The lowest BCUT2D eigenvalue weighted by Crippen LogP contribution is -3.14. The van der Waals surface area contributed by atoms with Crippen molar-refractivity contribution < 1.29 is 9.29 Å². The van der Waals surface area contributed by atoms with Crippen LogP contribution in [0.3, 0.4) is 0 Å². The van der Waals surface area contributed by atoms with Gasteiger partial charge in [0.2, 0.25) is 4.77 Å². The minimum atomic E-state index is -0.201. The van der Waals surface area contributed by atoms with Crippen LogP contribution < -0.4 is 9.80 Å². The second-order valence-electron chi connectivity index (χ2n) is 7.09. The largest absolute Gasteiger partial charge is 0.360 e. The molecule has 3 aromatic rings. The van der Waals surface area contributed by atoms with Gasteiger partial charge < -0.3 is 9.80 Å². The maximum Gasteiger partial charge on any atom is 0.207 e. The first-order valence-corrected chi connectivity index (χ1v) is 10.0. The van der Waals surface area contributed by atoms with Gasteiger partial charge in [0.05, 0.1) is 31.9 Å². The summed E-state index contributed by atoms with van der Waals surface area (Å²) in [5.41, 5.74) is 3.02. The van der Waals surface area contributed by atoms with Crippen molar-refractivity contribution in [2.24, 2.45) is 0 Å². The molecule has 0 aliphatic carbocycles. The van der Waals surface area contributed by atoms with Crippen molar-refractivity contribution in [1.82, 2.24) is 14.3 Å². The van der Waals surface area contributed by atoms with Gasteiger partial charge in [0.15, 0.2) is 6.67 Å². The van der Waals surface area contributed by atoms with E-state index < -0.39 is 0 Å². The molecule has 8 heteroatoms. The van der Waals surface area contributed by atoms with Crippen LogP contribution in [0.1, 0.15) is 5.56 Å². The van der Waals surface area contributed by atoms with Gasteiger partial charge in [-0.15, -0.1) is 0 Å². The molecule has 1 saturated heterocycles. The number of piperazine rings is 1. The third-order valence-electron chi connectivity index (χ3n) is 5.20. The lowest BCUT2D eigenvalue weighted by molar-refractivity contribution is -0.924. The van der Waals surface area contributed by atoms with Crippen molar-refractivity contribution in [3.8, 4) is 5.69 Å². The lowest BCUT2D eigenvalue weighted by atomic mass is 10.2. The highest BCUT2D eigenvalue weighted by Crippen LogP contribution is 2.19. The van der Waals surface area contributed by atoms with Gasteiger partial charge in [-0.1, -0.05) is 17.7 Å². The third-order valence-corrected chi connectivity index (χ3v) is 6.02. The molecule has 4 rings (SSSR count). The third kappa shape index (κ3) is 3.97. The minimum Gasteiger partial charge on any atom is -0.360 e. The average Bonchev–Trinajstić information content (AvgIpc) is 3.06. The molecular weight excluding hydrogens is 397 g/mol. The zero-order valence-electron chi connectivity index (χ0n) is 15.6. The van der Waals surface area contributed by atoms with E-state index in [4.69, 9.17) is 23.8 Å². The Balaban J connectivity index is 1.42. The number of halogens is 2. The average molecular weight is 419 g/mol. The Hall–Kier alpha value is -2.22. The summed E-state index contributed by atoms with van der Waals surface area (Å²) in [4.78, 5) is 3.71. The number of aromatic nitrogens is 3. The van der Waals surface area contributed by atoms with Gasteiger partial charge in [-0.2, -0.15) is 9.78 Å². The molecule has 0 amide bonds. The SMILES string of the molecule is Cc1ccc(-n2cnn(C[NH+]3CCN(c4ccc(F)cc4)CC3)c2=S)cc1Cl. The molecule has 146 valence electrons. The number of quaternary nitrogens is 1. The standard InChI is InChI=1S/C20H21ClFN5S/c1-15-2-5-18(12-19(15)21)26-13-23-27(20(26)28)14-24-8-10-25(11-9-24)17-6-3-16(22)4-7-17/h2-7,12-13H,8-11,14H2,1H3/p+1. The summed E-state index contributed by atoms with van der Waals surface area (Å²) in [5, 5.41) is 5.20. The summed E-state index contributed by atoms with van der Waals surface area (Å²) in [5.74, 6) is -0.201. The van der Waals surface area contributed by atoms with E-state index in [1.54, 1.807) is 6.33 Å². The van der Waals surface area contributed by atoms with E-state index in [0.29, 0.717) is 4.77 Å². The smallest absolute Gasteiger partial charge is 0.207 e. The van der Waals surface area contributed by atoms with Crippen molar-refractivity contribution >= 4 is 29.5 Å². The van der Waals surface area contributed by atoms with Crippen molar-refractivity contribution in [3.05, 3.63) is 70.0 Å². The molecule has 28 heavy (non-hydrogen) atoms. The summed E-state index contributed by atoms with van der Waals surface area (Å²) >= 11 is 11.9. The molecule has 1 aromatic heterocycles. The van der Waals surface area contributed by atoms with Gasteiger partial charge in [0.25, 0.3) is 0 Å². The molecular formula is C20H22ClFN5S+. The summed E-state index contributed by atoms with van der Waals surface area (Å²) in [6.07, 6.45) is 1.75. The molecule has 2 heterocycles. The second kappa shape index (κ2) is 8.03. The maximum absolute atomic E-state index is 13.1. The van der Waals surface area contributed by atoms with E-state index >= 15 is 0 Å². The highest BCUT2D eigenvalue weighted by Gasteiger charge is 2.21. The molecule has 0 atom stereocenters. The molecule has 1 fully saturated rings. The zero-order chi connectivity index (χ0) is 19.7. The number of rotatable bonds is 4. The molecule has 0 saturated carbocycles. The van der Waals surface area contributed by atoms with E-state index in [9.17, 15) is 4.39 Å². The molecule has 1 aliphatic rings. The minimum absolute atomic E-state index is 0.201. The normalized spacial score (nSPS) is 15.2. The molecule has 0 unspecified atom stereocenters. The maximum atomic E-state index is 13.1. The molecule has 0 spiro atoms. The monoisotopic (exact) mass is 418 g/mol. The topological polar surface area (TPSA) is 30.4 Å². The van der Waals surface area contributed by atoms with Gasteiger partial charge in [0, 0.05) is 10.7 Å². The lowest BCUT2D eigenvalue weighted by Gasteiger charge is -2.33. The van der Waals surface area contributed by atoms with Crippen LogP contribution >= 0.6 is 23.8 Å². The molecule has 5 nitrogen and oxygen atoms in total. The summed E-state index contributed by atoms with van der Waals surface area (Å²) < 4.78 is 17.5.